The van der Waals surface area contributed by atoms with Crippen LogP contribution in [0.3, 0.4) is 0 Å². The van der Waals surface area contributed by atoms with E-state index in [0.717, 1.165) is 16.8 Å². The Labute approximate surface area is 148 Å². The van der Waals surface area contributed by atoms with E-state index in [4.69, 9.17) is 9.31 Å². The standard InChI is InChI=1S/C18H23BFN3O2/c1-12-8-7-9-15(13(12)2)23-11-14(21-22-23)10-16(20)19-24-17(3,4)18(5,6)25-19/h7-11H,1-6H3. The monoisotopic (exact) mass is 343 g/mol. The third kappa shape index (κ3) is 3.26. The number of rotatable bonds is 3. The zero-order valence-corrected chi connectivity index (χ0v) is 15.5. The van der Waals surface area contributed by atoms with Gasteiger partial charge >= 0.3 is 7.12 Å². The Balaban J connectivity index is 1.84. The van der Waals surface area contributed by atoms with E-state index in [1.165, 1.54) is 6.08 Å². The molecule has 0 atom stereocenters. The molecule has 7 heteroatoms. The molecule has 1 aromatic heterocycles. The highest BCUT2D eigenvalue weighted by Crippen LogP contribution is 2.39. The van der Waals surface area contributed by atoms with Crippen LogP contribution in [0.1, 0.15) is 44.5 Å². The molecule has 1 aliphatic heterocycles. The predicted octanol–water partition coefficient (Wildman–Crippen LogP) is 3.83. The molecule has 25 heavy (non-hydrogen) atoms. The van der Waals surface area contributed by atoms with Crippen LogP contribution in [0.25, 0.3) is 11.8 Å². The van der Waals surface area contributed by atoms with Crippen molar-refractivity contribution < 1.29 is 13.7 Å². The summed E-state index contributed by atoms with van der Waals surface area (Å²) in [5.41, 5.74) is 1.91. The first kappa shape index (κ1) is 17.8. The molecule has 0 unspecified atom stereocenters. The van der Waals surface area contributed by atoms with Crippen LogP contribution in [0, 0.1) is 13.8 Å². The van der Waals surface area contributed by atoms with Crippen molar-refractivity contribution in [3.05, 3.63) is 46.9 Å². The average molecular weight is 343 g/mol. The van der Waals surface area contributed by atoms with E-state index in [0.29, 0.717) is 5.69 Å². The lowest BCUT2D eigenvalue weighted by Crippen LogP contribution is -2.41. The van der Waals surface area contributed by atoms with Gasteiger partial charge in [0.1, 0.15) is 11.4 Å². The van der Waals surface area contributed by atoms with Gasteiger partial charge in [-0.25, -0.2) is 9.07 Å². The van der Waals surface area contributed by atoms with Gasteiger partial charge in [-0.1, -0.05) is 17.3 Å². The van der Waals surface area contributed by atoms with Crippen LogP contribution < -0.4 is 0 Å². The molecular weight excluding hydrogens is 320 g/mol. The van der Waals surface area contributed by atoms with E-state index in [9.17, 15) is 4.39 Å². The van der Waals surface area contributed by atoms with Gasteiger partial charge in [0.2, 0.25) is 0 Å². The Kier molecular flexibility index (Phi) is 4.33. The molecule has 0 amide bonds. The number of halogens is 1. The number of hydrogen-bond acceptors (Lipinski definition) is 4. The minimum atomic E-state index is -1.03. The molecule has 0 bridgehead atoms. The minimum Gasteiger partial charge on any atom is -0.398 e. The maximum atomic E-state index is 14.6. The number of benzene rings is 1. The lowest BCUT2D eigenvalue weighted by Gasteiger charge is -2.32. The first-order chi connectivity index (χ1) is 11.6. The highest BCUT2D eigenvalue weighted by Gasteiger charge is 2.53. The van der Waals surface area contributed by atoms with Gasteiger partial charge in [0.15, 0.2) is 0 Å². The fraction of sp³-hybridized carbons (Fsp3) is 0.444. The molecule has 1 fully saturated rings. The summed E-state index contributed by atoms with van der Waals surface area (Å²) >= 11 is 0. The van der Waals surface area contributed by atoms with E-state index < -0.39 is 24.0 Å². The van der Waals surface area contributed by atoms with Crippen LogP contribution in [0.15, 0.2) is 30.1 Å². The number of nitrogens with zero attached hydrogens (tertiary/aromatic N) is 3. The van der Waals surface area contributed by atoms with E-state index >= 15 is 0 Å². The number of aromatic nitrogens is 3. The molecule has 5 nitrogen and oxygen atoms in total. The van der Waals surface area contributed by atoms with Gasteiger partial charge in [0.05, 0.1) is 23.1 Å². The molecule has 1 aliphatic rings. The van der Waals surface area contributed by atoms with Crippen molar-refractivity contribution in [2.75, 3.05) is 0 Å². The largest absolute Gasteiger partial charge is 0.525 e. The quantitative estimate of drug-likeness (QED) is 0.795. The minimum absolute atomic E-state index is 0.410. The molecule has 2 aromatic rings. The second kappa shape index (κ2) is 6.07. The SMILES string of the molecule is Cc1cccc(-n2cc(C=C(F)B3OC(C)(C)C(C)(C)O3)nn2)c1C. The zero-order chi connectivity index (χ0) is 18.4. The normalized spacial score (nSPS) is 19.5. The van der Waals surface area contributed by atoms with Crippen molar-refractivity contribution in [1.82, 2.24) is 15.0 Å². The maximum Gasteiger partial charge on any atom is 0.525 e. The van der Waals surface area contributed by atoms with Crippen LogP contribution in [0.2, 0.25) is 0 Å². The molecule has 1 saturated heterocycles. The summed E-state index contributed by atoms with van der Waals surface area (Å²) in [6.45, 7) is 11.6. The van der Waals surface area contributed by atoms with Crippen LogP contribution in [0.5, 0.6) is 0 Å². The second-order valence-electron chi connectivity index (χ2n) is 7.42. The molecule has 0 radical (unpaired) electrons. The van der Waals surface area contributed by atoms with Gasteiger partial charge in [-0.15, -0.1) is 5.10 Å². The summed E-state index contributed by atoms with van der Waals surface area (Å²) < 4.78 is 27.6. The van der Waals surface area contributed by atoms with Crippen molar-refractivity contribution in [2.24, 2.45) is 0 Å². The molecule has 0 saturated carbocycles. The lowest BCUT2D eigenvalue weighted by atomic mass is 9.87. The molecule has 2 heterocycles. The van der Waals surface area contributed by atoms with Crippen LogP contribution in [-0.2, 0) is 9.31 Å². The van der Waals surface area contributed by atoms with Crippen molar-refractivity contribution in [3.63, 3.8) is 0 Å². The van der Waals surface area contributed by atoms with E-state index in [2.05, 4.69) is 10.3 Å². The first-order valence-electron chi connectivity index (χ1n) is 8.32. The Morgan fingerprint density at radius 3 is 2.44 bits per heavy atom. The molecule has 0 aliphatic carbocycles. The third-order valence-electron chi connectivity index (χ3n) is 5.10. The van der Waals surface area contributed by atoms with Crippen LogP contribution in [-0.4, -0.2) is 33.3 Å². The molecule has 3 rings (SSSR count). The van der Waals surface area contributed by atoms with Crippen LogP contribution >= 0.6 is 0 Å². The summed E-state index contributed by atoms with van der Waals surface area (Å²) in [6.07, 6.45) is 2.99. The highest BCUT2D eigenvalue weighted by atomic mass is 19.1. The Hall–Kier alpha value is -1.99. The highest BCUT2D eigenvalue weighted by molar-refractivity contribution is 6.54. The molecule has 0 spiro atoms. The summed E-state index contributed by atoms with van der Waals surface area (Å²) in [7, 11) is -1.03. The fourth-order valence-electron chi connectivity index (χ4n) is 2.61. The fourth-order valence-corrected chi connectivity index (χ4v) is 2.61. The van der Waals surface area contributed by atoms with Gasteiger partial charge in [0.25, 0.3) is 0 Å². The zero-order valence-electron chi connectivity index (χ0n) is 15.5. The summed E-state index contributed by atoms with van der Waals surface area (Å²) in [5.74, 6) is 0. The smallest absolute Gasteiger partial charge is 0.398 e. The summed E-state index contributed by atoms with van der Waals surface area (Å²) in [5, 5.41) is 8.13. The average Bonchev–Trinajstić information content (AvgIpc) is 3.04. The van der Waals surface area contributed by atoms with Gasteiger partial charge in [-0.3, -0.25) is 0 Å². The molecular formula is C18H23BFN3O2. The Morgan fingerprint density at radius 2 is 1.80 bits per heavy atom. The molecule has 0 N–H and O–H groups in total. The molecule has 132 valence electrons. The molecule has 1 aromatic carbocycles. The van der Waals surface area contributed by atoms with E-state index in [1.807, 2.05) is 59.7 Å². The van der Waals surface area contributed by atoms with Gasteiger partial charge < -0.3 is 9.31 Å². The van der Waals surface area contributed by atoms with E-state index in [-0.39, 0.29) is 0 Å². The van der Waals surface area contributed by atoms with Gasteiger partial charge in [-0.2, -0.15) is 0 Å². The predicted molar refractivity (Wildman–Crippen MR) is 96.0 cm³/mol. The summed E-state index contributed by atoms with van der Waals surface area (Å²) in [4.78, 5) is 0. The second-order valence-corrected chi connectivity index (χ2v) is 7.42. The van der Waals surface area contributed by atoms with Crippen molar-refractivity contribution in [2.45, 2.75) is 52.7 Å². The van der Waals surface area contributed by atoms with Gasteiger partial charge in [-0.05, 0) is 64.8 Å². The maximum absolute atomic E-state index is 14.6. The van der Waals surface area contributed by atoms with Crippen molar-refractivity contribution >= 4 is 13.2 Å². The Bertz CT molecular complexity index is 813. The lowest BCUT2D eigenvalue weighted by molar-refractivity contribution is 0.00578. The Morgan fingerprint density at radius 1 is 1.16 bits per heavy atom. The third-order valence-corrected chi connectivity index (χ3v) is 5.10. The first-order valence-corrected chi connectivity index (χ1v) is 8.32. The van der Waals surface area contributed by atoms with Crippen LogP contribution in [0.4, 0.5) is 4.39 Å². The topological polar surface area (TPSA) is 49.2 Å². The summed E-state index contributed by atoms with van der Waals surface area (Å²) in [6, 6.07) is 5.95. The van der Waals surface area contributed by atoms with E-state index in [1.54, 1.807) is 10.9 Å². The van der Waals surface area contributed by atoms with Gasteiger partial charge in [0, 0.05) is 0 Å². The van der Waals surface area contributed by atoms with Crippen molar-refractivity contribution in [3.8, 4) is 5.69 Å². The number of hydrogen-bond donors (Lipinski definition) is 0. The number of aryl methyl sites for hydroxylation is 1. The van der Waals surface area contributed by atoms with Crippen molar-refractivity contribution in [1.29, 1.82) is 0 Å².